The largest absolute Gasteiger partial charge is 0.493 e. The standard InChI is InChI=1S/C26H23Cl2N3O2/c1-15(2)24-23(26(32)29-20-12-14-33-21-11-4-3-7-18(20)21)30-25-17(9-6-13-31(24)25)16-8-5-10-19(27)22(16)28/h3-11,13,15,20H,12,14H2,1-2H3,(H,29,32)/t20-/m0/s1. The van der Waals surface area contributed by atoms with Crippen molar-refractivity contribution in [1.29, 1.82) is 0 Å². The topological polar surface area (TPSA) is 55.6 Å². The van der Waals surface area contributed by atoms with E-state index >= 15 is 0 Å². The number of imidazole rings is 1. The van der Waals surface area contributed by atoms with E-state index in [1.807, 2.05) is 59.1 Å². The predicted molar refractivity (Wildman–Crippen MR) is 131 cm³/mol. The van der Waals surface area contributed by atoms with Crippen molar-refractivity contribution in [3.8, 4) is 16.9 Å². The maximum atomic E-state index is 13.5. The second-order valence-corrected chi connectivity index (χ2v) is 9.20. The van der Waals surface area contributed by atoms with Gasteiger partial charge in [-0.2, -0.15) is 0 Å². The number of carbonyl (C=O) groups is 1. The zero-order valence-corrected chi connectivity index (χ0v) is 19.8. The molecule has 0 bridgehead atoms. The summed E-state index contributed by atoms with van der Waals surface area (Å²) in [6.45, 7) is 4.67. The van der Waals surface area contributed by atoms with E-state index in [1.54, 1.807) is 6.07 Å². The Kier molecular flexibility index (Phi) is 5.77. The van der Waals surface area contributed by atoms with Crippen LogP contribution in [0, 0.1) is 0 Å². The molecular formula is C26H23Cl2N3O2. The third-order valence-corrected chi connectivity index (χ3v) is 6.77. The minimum Gasteiger partial charge on any atom is -0.493 e. The average Bonchev–Trinajstić information content (AvgIpc) is 3.22. The molecule has 0 aliphatic carbocycles. The van der Waals surface area contributed by atoms with Gasteiger partial charge in [-0.3, -0.25) is 4.79 Å². The number of fused-ring (bicyclic) bond motifs is 2. The Morgan fingerprint density at radius 3 is 2.70 bits per heavy atom. The highest BCUT2D eigenvalue weighted by atomic mass is 35.5. The number of ether oxygens (including phenoxy) is 1. The van der Waals surface area contributed by atoms with Crippen molar-refractivity contribution in [2.75, 3.05) is 6.61 Å². The second-order valence-electron chi connectivity index (χ2n) is 8.42. The quantitative estimate of drug-likeness (QED) is 0.354. The van der Waals surface area contributed by atoms with Crippen molar-refractivity contribution in [3.05, 3.63) is 87.8 Å². The second kappa shape index (κ2) is 8.73. The molecule has 1 aliphatic heterocycles. The van der Waals surface area contributed by atoms with Crippen LogP contribution >= 0.6 is 23.2 Å². The Morgan fingerprint density at radius 2 is 1.88 bits per heavy atom. The van der Waals surface area contributed by atoms with Crippen LogP contribution in [0.25, 0.3) is 16.8 Å². The lowest BCUT2D eigenvalue weighted by atomic mass is 10.00. The van der Waals surface area contributed by atoms with Gasteiger partial charge >= 0.3 is 0 Å². The maximum Gasteiger partial charge on any atom is 0.272 e. The van der Waals surface area contributed by atoms with Crippen LogP contribution in [-0.2, 0) is 0 Å². The number of pyridine rings is 1. The van der Waals surface area contributed by atoms with Crippen LogP contribution in [0.1, 0.15) is 54.0 Å². The van der Waals surface area contributed by atoms with Gasteiger partial charge in [-0.05, 0) is 30.2 Å². The van der Waals surface area contributed by atoms with Crippen LogP contribution in [0.4, 0.5) is 0 Å². The number of nitrogens with one attached hydrogen (secondary N) is 1. The summed E-state index contributed by atoms with van der Waals surface area (Å²) < 4.78 is 7.72. The third-order valence-electron chi connectivity index (χ3n) is 5.95. The number of para-hydroxylation sites is 1. The fourth-order valence-corrected chi connectivity index (χ4v) is 4.85. The molecule has 5 rings (SSSR count). The van der Waals surface area contributed by atoms with Crippen molar-refractivity contribution in [1.82, 2.24) is 14.7 Å². The number of amides is 1. The van der Waals surface area contributed by atoms with Crippen LogP contribution in [0.2, 0.25) is 10.0 Å². The van der Waals surface area contributed by atoms with Crippen LogP contribution in [0.15, 0.2) is 60.8 Å². The molecule has 4 aromatic rings. The molecule has 33 heavy (non-hydrogen) atoms. The highest BCUT2D eigenvalue weighted by Gasteiger charge is 2.28. The minimum absolute atomic E-state index is 0.0767. The summed E-state index contributed by atoms with van der Waals surface area (Å²) in [6, 6.07) is 17.1. The lowest BCUT2D eigenvalue weighted by Crippen LogP contribution is -2.33. The van der Waals surface area contributed by atoms with Crippen molar-refractivity contribution in [2.24, 2.45) is 0 Å². The van der Waals surface area contributed by atoms with Crippen molar-refractivity contribution < 1.29 is 9.53 Å². The van der Waals surface area contributed by atoms with Crippen LogP contribution in [-0.4, -0.2) is 21.9 Å². The summed E-state index contributed by atoms with van der Waals surface area (Å²) in [6.07, 6.45) is 2.64. The highest BCUT2D eigenvalue weighted by molar-refractivity contribution is 6.43. The first-order valence-electron chi connectivity index (χ1n) is 10.9. The van der Waals surface area contributed by atoms with E-state index < -0.39 is 0 Å². The Balaban J connectivity index is 1.60. The van der Waals surface area contributed by atoms with Gasteiger partial charge in [0.05, 0.1) is 28.4 Å². The molecule has 2 aromatic heterocycles. The molecule has 1 aliphatic rings. The van der Waals surface area contributed by atoms with Crippen LogP contribution in [0.3, 0.4) is 0 Å². The summed E-state index contributed by atoms with van der Waals surface area (Å²) in [5, 5.41) is 4.12. The number of rotatable bonds is 4. The van der Waals surface area contributed by atoms with Gasteiger partial charge in [-0.15, -0.1) is 0 Å². The SMILES string of the molecule is CC(C)c1c(C(=O)N[C@H]2CCOc3ccccc32)nc2c(-c3cccc(Cl)c3Cl)cccn12. The highest BCUT2D eigenvalue weighted by Crippen LogP contribution is 2.37. The monoisotopic (exact) mass is 479 g/mol. The number of carbonyl (C=O) groups excluding carboxylic acids is 1. The Hall–Kier alpha value is -3.02. The lowest BCUT2D eigenvalue weighted by Gasteiger charge is -2.26. The van der Waals surface area contributed by atoms with E-state index in [1.165, 1.54) is 0 Å². The van der Waals surface area contributed by atoms with Gasteiger partial charge in [0.15, 0.2) is 5.69 Å². The van der Waals surface area contributed by atoms with Crippen molar-refractivity contribution in [3.63, 3.8) is 0 Å². The smallest absolute Gasteiger partial charge is 0.272 e. The lowest BCUT2D eigenvalue weighted by molar-refractivity contribution is 0.0919. The van der Waals surface area contributed by atoms with E-state index in [9.17, 15) is 4.79 Å². The molecule has 0 saturated heterocycles. The van der Waals surface area contributed by atoms with Crippen molar-refractivity contribution >= 4 is 34.8 Å². The van der Waals surface area contributed by atoms with Gasteiger partial charge in [0.2, 0.25) is 0 Å². The molecule has 0 spiro atoms. The summed E-state index contributed by atoms with van der Waals surface area (Å²) >= 11 is 12.8. The number of nitrogens with zero attached hydrogens (tertiary/aromatic N) is 2. The van der Waals surface area contributed by atoms with Crippen LogP contribution < -0.4 is 10.1 Å². The first kappa shape index (κ1) is 21.8. The summed E-state index contributed by atoms with van der Waals surface area (Å²) in [5.41, 5.74) is 4.52. The molecule has 3 heterocycles. The molecule has 0 unspecified atom stereocenters. The summed E-state index contributed by atoms with van der Waals surface area (Å²) in [4.78, 5) is 18.3. The number of halogens is 2. The first-order valence-corrected chi connectivity index (χ1v) is 11.7. The van der Waals surface area contributed by atoms with E-state index in [2.05, 4.69) is 19.2 Å². The van der Waals surface area contributed by atoms with Crippen LogP contribution in [0.5, 0.6) is 5.75 Å². The molecule has 0 saturated carbocycles. The fourth-order valence-electron chi connectivity index (χ4n) is 4.45. The molecule has 5 nitrogen and oxygen atoms in total. The van der Waals surface area contributed by atoms with Crippen molar-refractivity contribution in [2.45, 2.75) is 32.2 Å². The number of hydrogen-bond acceptors (Lipinski definition) is 3. The molecule has 0 fully saturated rings. The molecular weight excluding hydrogens is 457 g/mol. The normalized spacial score (nSPS) is 15.4. The van der Waals surface area contributed by atoms with E-state index in [-0.39, 0.29) is 17.9 Å². The van der Waals surface area contributed by atoms with Gasteiger partial charge in [0.1, 0.15) is 11.4 Å². The third kappa shape index (κ3) is 3.85. The van der Waals surface area contributed by atoms with E-state index in [0.29, 0.717) is 34.4 Å². The minimum atomic E-state index is -0.202. The molecule has 1 amide bonds. The van der Waals surface area contributed by atoms with Gasteiger partial charge < -0.3 is 14.5 Å². The Bertz CT molecular complexity index is 1360. The molecule has 2 aromatic carbocycles. The summed E-state index contributed by atoms with van der Waals surface area (Å²) in [7, 11) is 0. The van der Waals surface area contributed by atoms with E-state index in [4.69, 9.17) is 32.9 Å². The molecule has 7 heteroatoms. The molecule has 168 valence electrons. The van der Waals surface area contributed by atoms with Gasteiger partial charge in [-0.25, -0.2) is 4.98 Å². The maximum absolute atomic E-state index is 13.5. The molecule has 0 radical (unpaired) electrons. The Morgan fingerprint density at radius 1 is 1.09 bits per heavy atom. The van der Waals surface area contributed by atoms with Gasteiger partial charge in [-0.1, -0.05) is 67.4 Å². The zero-order valence-electron chi connectivity index (χ0n) is 18.3. The predicted octanol–water partition coefficient (Wildman–Crippen LogP) is 6.69. The summed E-state index contributed by atoms with van der Waals surface area (Å²) in [5.74, 6) is 0.686. The number of aromatic nitrogens is 2. The van der Waals surface area contributed by atoms with Gasteiger partial charge in [0.25, 0.3) is 5.91 Å². The molecule has 1 N–H and O–H groups in total. The number of benzene rings is 2. The fraction of sp³-hybridized carbons (Fsp3) is 0.231. The first-order chi connectivity index (χ1) is 16.0. The Labute approximate surface area is 202 Å². The van der Waals surface area contributed by atoms with E-state index in [0.717, 1.165) is 28.1 Å². The number of hydrogen-bond donors (Lipinski definition) is 1. The van der Waals surface area contributed by atoms with Gasteiger partial charge in [0, 0.05) is 29.3 Å². The average molecular weight is 480 g/mol. The zero-order chi connectivity index (χ0) is 23.1. The molecule has 1 atom stereocenters.